The van der Waals surface area contributed by atoms with Crippen molar-refractivity contribution >= 4 is 39.5 Å². The third-order valence-corrected chi connectivity index (χ3v) is 7.26. The number of likely N-dealkylation sites (tertiary alicyclic amines) is 1. The van der Waals surface area contributed by atoms with Crippen LogP contribution in [0.3, 0.4) is 0 Å². The van der Waals surface area contributed by atoms with E-state index < -0.39 is 0 Å². The normalized spacial score (nSPS) is 20.9. The van der Waals surface area contributed by atoms with E-state index in [2.05, 4.69) is 27.2 Å². The molecule has 0 aliphatic carbocycles. The van der Waals surface area contributed by atoms with Gasteiger partial charge in [0.15, 0.2) is 5.58 Å². The Labute approximate surface area is 207 Å². The highest BCUT2D eigenvalue weighted by Gasteiger charge is 2.23. The third-order valence-electron chi connectivity index (χ3n) is 7.03. The average Bonchev–Trinajstić information content (AvgIpc) is 3.59. The molecule has 0 spiro atoms. The molecule has 0 amide bonds. The molecule has 0 bridgehead atoms. The first-order valence-corrected chi connectivity index (χ1v) is 12.6. The van der Waals surface area contributed by atoms with Gasteiger partial charge in [-0.15, -0.1) is 0 Å². The van der Waals surface area contributed by atoms with E-state index in [4.69, 9.17) is 20.8 Å². The topological polar surface area (TPSA) is 85.4 Å². The Bertz CT molecular complexity index is 1430. The SMILES string of the molecule is CN1CCC(Nc2ccc(-c3nc(=O)n(CCC4CCCO4)c4c3oc3ccc(Cl)cc34)cn2)C1. The fraction of sp³-hybridized carbons (Fsp3) is 0.423. The van der Waals surface area contributed by atoms with Crippen LogP contribution >= 0.6 is 11.6 Å². The highest BCUT2D eigenvalue weighted by Crippen LogP contribution is 2.35. The number of halogens is 1. The second kappa shape index (κ2) is 9.26. The van der Waals surface area contributed by atoms with Gasteiger partial charge in [0.1, 0.15) is 22.6 Å². The molecule has 35 heavy (non-hydrogen) atoms. The summed E-state index contributed by atoms with van der Waals surface area (Å²) in [5.41, 5.74) is 2.86. The summed E-state index contributed by atoms with van der Waals surface area (Å²) in [6.07, 6.45) is 5.84. The number of fused-ring (bicyclic) bond motifs is 3. The summed E-state index contributed by atoms with van der Waals surface area (Å²) in [7, 11) is 2.12. The minimum Gasteiger partial charge on any atom is -0.452 e. The van der Waals surface area contributed by atoms with Crippen molar-refractivity contribution in [1.82, 2.24) is 19.4 Å². The fourth-order valence-electron chi connectivity index (χ4n) is 5.22. The lowest BCUT2D eigenvalue weighted by atomic mass is 10.1. The van der Waals surface area contributed by atoms with Gasteiger partial charge in [0.05, 0.1) is 6.10 Å². The zero-order valence-electron chi connectivity index (χ0n) is 19.7. The van der Waals surface area contributed by atoms with Gasteiger partial charge in [0, 0.05) is 47.9 Å². The van der Waals surface area contributed by atoms with Crippen molar-refractivity contribution in [1.29, 1.82) is 0 Å². The first kappa shape index (κ1) is 22.5. The van der Waals surface area contributed by atoms with Gasteiger partial charge in [-0.05, 0) is 69.6 Å². The lowest BCUT2D eigenvalue weighted by Gasteiger charge is -2.14. The highest BCUT2D eigenvalue weighted by atomic mass is 35.5. The maximum absolute atomic E-state index is 13.3. The molecule has 1 N–H and O–H groups in total. The van der Waals surface area contributed by atoms with Gasteiger partial charge in [-0.25, -0.2) is 9.78 Å². The van der Waals surface area contributed by atoms with Crippen molar-refractivity contribution in [3.63, 3.8) is 0 Å². The largest absolute Gasteiger partial charge is 0.452 e. The number of aryl methyl sites for hydroxylation is 1. The molecule has 1 aromatic carbocycles. The number of aromatic nitrogens is 3. The molecule has 3 aromatic heterocycles. The van der Waals surface area contributed by atoms with Crippen LogP contribution in [-0.2, 0) is 11.3 Å². The van der Waals surface area contributed by atoms with E-state index in [9.17, 15) is 4.79 Å². The van der Waals surface area contributed by atoms with Gasteiger partial charge in [-0.1, -0.05) is 11.6 Å². The van der Waals surface area contributed by atoms with E-state index in [1.807, 2.05) is 24.3 Å². The fourth-order valence-corrected chi connectivity index (χ4v) is 5.39. The van der Waals surface area contributed by atoms with Crippen LogP contribution in [-0.4, -0.2) is 58.3 Å². The molecular weight excluding hydrogens is 466 g/mol. The molecule has 2 fully saturated rings. The van der Waals surface area contributed by atoms with Crippen LogP contribution in [0.4, 0.5) is 5.82 Å². The Morgan fingerprint density at radius 1 is 1.23 bits per heavy atom. The molecule has 2 aliphatic heterocycles. The molecule has 8 nitrogen and oxygen atoms in total. The first-order valence-electron chi connectivity index (χ1n) is 12.2. The molecule has 2 unspecified atom stereocenters. The van der Waals surface area contributed by atoms with Crippen LogP contribution in [0.2, 0.25) is 5.02 Å². The number of furan rings is 1. The molecule has 9 heteroatoms. The predicted molar refractivity (Wildman–Crippen MR) is 137 cm³/mol. The Morgan fingerprint density at radius 3 is 2.89 bits per heavy atom. The first-order chi connectivity index (χ1) is 17.0. The molecule has 0 radical (unpaired) electrons. The number of anilines is 1. The number of hydrogen-bond acceptors (Lipinski definition) is 7. The average molecular weight is 494 g/mol. The van der Waals surface area contributed by atoms with Crippen LogP contribution in [0.5, 0.6) is 0 Å². The molecule has 6 rings (SSSR count). The Balaban J connectivity index is 1.40. The maximum atomic E-state index is 13.3. The van der Waals surface area contributed by atoms with Gasteiger partial charge in [0.2, 0.25) is 0 Å². The van der Waals surface area contributed by atoms with Crippen molar-refractivity contribution in [2.45, 2.75) is 44.4 Å². The quantitative estimate of drug-likeness (QED) is 0.422. The summed E-state index contributed by atoms with van der Waals surface area (Å²) in [5.74, 6) is 0.812. The third kappa shape index (κ3) is 4.42. The Kier molecular flexibility index (Phi) is 5.96. The number of rotatable bonds is 6. The molecule has 2 aliphatic rings. The summed E-state index contributed by atoms with van der Waals surface area (Å²) < 4.78 is 13.7. The van der Waals surface area contributed by atoms with E-state index in [0.29, 0.717) is 40.0 Å². The van der Waals surface area contributed by atoms with Crippen LogP contribution in [0.15, 0.2) is 45.7 Å². The predicted octanol–water partition coefficient (Wildman–Crippen LogP) is 4.54. The molecule has 4 aromatic rings. The molecule has 0 saturated carbocycles. The van der Waals surface area contributed by atoms with Gasteiger partial charge in [0.25, 0.3) is 0 Å². The minimum absolute atomic E-state index is 0.169. The summed E-state index contributed by atoms with van der Waals surface area (Å²) in [6, 6.07) is 9.72. The van der Waals surface area contributed by atoms with Crippen molar-refractivity contribution in [3.05, 3.63) is 52.0 Å². The number of benzene rings is 1. The number of likely N-dealkylation sites (N-methyl/N-ethyl adjacent to an activating group) is 1. The molecular formula is C26H28ClN5O3. The number of nitrogens with one attached hydrogen (secondary N) is 1. The van der Waals surface area contributed by atoms with E-state index in [1.54, 1.807) is 16.8 Å². The smallest absolute Gasteiger partial charge is 0.348 e. The molecule has 5 heterocycles. The van der Waals surface area contributed by atoms with Gasteiger partial charge in [-0.2, -0.15) is 4.98 Å². The van der Waals surface area contributed by atoms with E-state index in [0.717, 1.165) is 62.1 Å². The van der Waals surface area contributed by atoms with E-state index >= 15 is 0 Å². The number of ether oxygens (including phenoxy) is 1. The minimum atomic E-state index is -0.315. The lowest BCUT2D eigenvalue weighted by molar-refractivity contribution is 0.100. The van der Waals surface area contributed by atoms with Crippen LogP contribution in [0.1, 0.15) is 25.7 Å². The Hall–Kier alpha value is -2.94. The zero-order chi connectivity index (χ0) is 23.9. The van der Waals surface area contributed by atoms with Gasteiger partial charge < -0.3 is 19.4 Å². The standard InChI is InChI=1S/C26H28ClN5O3/c1-31-10-8-18(15-31)29-22-7-4-16(14-28-22)23-25-24(20-13-17(27)5-6-21(20)35-25)32(26(33)30-23)11-9-19-3-2-12-34-19/h4-7,13-14,18-19H,2-3,8-12,15H2,1H3,(H,28,29). The van der Waals surface area contributed by atoms with E-state index in [1.165, 1.54) is 0 Å². The number of pyridine rings is 1. The molecule has 182 valence electrons. The van der Waals surface area contributed by atoms with E-state index in [-0.39, 0.29) is 11.8 Å². The zero-order valence-corrected chi connectivity index (χ0v) is 20.4. The van der Waals surface area contributed by atoms with Crippen molar-refractivity contribution in [2.75, 3.05) is 32.1 Å². The summed E-state index contributed by atoms with van der Waals surface area (Å²) in [5, 5.41) is 4.88. The van der Waals surface area contributed by atoms with Gasteiger partial charge >= 0.3 is 5.69 Å². The van der Waals surface area contributed by atoms with Crippen LogP contribution < -0.4 is 11.0 Å². The van der Waals surface area contributed by atoms with Crippen LogP contribution in [0.25, 0.3) is 33.3 Å². The van der Waals surface area contributed by atoms with Crippen molar-refractivity contribution < 1.29 is 9.15 Å². The van der Waals surface area contributed by atoms with Crippen molar-refractivity contribution in [3.8, 4) is 11.3 Å². The maximum Gasteiger partial charge on any atom is 0.348 e. The second-order valence-electron chi connectivity index (χ2n) is 9.56. The molecule has 2 atom stereocenters. The lowest BCUT2D eigenvalue weighted by Crippen LogP contribution is -2.25. The molecule has 2 saturated heterocycles. The van der Waals surface area contributed by atoms with Crippen LogP contribution in [0, 0.1) is 0 Å². The second-order valence-corrected chi connectivity index (χ2v) is 10.00. The number of hydrogen-bond donors (Lipinski definition) is 1. The summed E-state index contributed by atoms with van der Waals surface area (Å²) in [4.78, 5) is 24.6. The Morgan fingerprint density at radius 2 is 2.14 bits per heavy atom. The summed E-state index contributed by atoms with van der Waals surface area (Å²) >= 11 is 6.32. The summed E-state index contributed by atoms with van der Waals surface area (Å²) in [6.45, 7) is 3.37. The van der Waals surface area contributed by atoms with Crippen molar-refractivity contribution in [2.24, 2.45) is 0 Å². The number of nitrogens with zero attached hydrogens (tertiary/aromatic N) is 4. The monoisotopic (exact) mass is 493 g/mol. The highest BCUT2D eigenvalue weighted by molar-refractivity contribution is 6.31. The van der Waals surface area contributed by atoms with Gasteiger partial charge in [-0.3, -0.25) is 4.57 Å².